The van der Waals surface area contributed by atoms with Crippen LogP contribution in [0.4, 0.5) is 4.79 Å². The molecule has 0 atom stereocenters. The number of fused-ring (bicyclic) bond motifs is 2. The van der Waals surface area contributed by atoms with Crippen LogP contribution < -0.4 is 0 Å². The van der Waals surface area contributed by atoms with Gasteiger partial charge in [0.2, 0.25) is 0 Å². The molecule has 0 spiro atoms. The van der Waals surface area contributed by atoms with Gasteiger partial charge in [0.05, 0.1) is 0 Å². The lowest BCUT2D eigenvalue weighted by Gasteiger charge is -2.19. The SMILES string of the molecule is CC(C)(C)OC(=O)n1cc(Cc2ccc3ccccc3c2)c2ccc(Br)nc21. The fourth-order valence-electron chi connectivity index (χ4n) is 3.31. The normalized spacial score (nSPS) is 11.9. The van der Waals surface area contributed by atoms with E-state index < -0.39 is 11.7 Å². The van der Waals surface area contributed by atoms with E-state index in [2.05, 4.69) is 51.2 Å². The van der Waals surface area contributed by atoms with E-state index in [9.17, 15) is 4.79 Å². The molecule has 142 valence electrons. The van der Waals surface area contributed by atoms with Crippen LogP contribution in [0, 0.1) is 0 Å². The van der Waals surface area contributed by atoms with Gasteiger partial charge in [-0.05, 0) is 77.2 Å². The lowest BCUT2D eigenvalue weighted by molar-refractivity contribution is 0.0543. The molecule has 0 radical (unpaired) electrons. The summed E-state index contributed by atoms with van der Waals surface area (Å²) in [5.74, 6) is 0. The Morgan fingerprint density at radius 3 is 2.57 bits per heavy atom. The van der Waals surface area contributed by atoms with Gasteiger partial charge in [0.15, 0.2) is 5.65 Å². The van der Waals surface area contributed by atoms with Gasteiger partial charge in [0.1, 0.15) is 10.2 Å². The predicted molar refractivity (Wildman–Crippen MR) is 116 cm³/mol. The third-order valence-corrected chi connectivity index (χ3v) is 4.94. The zero-order valence-corrected chi connectivity index (χ0v) is 17.7. The minimum atomic E-state index is -0.571. The smallest absolute Gasteiger partial charge is 0.420 e. The number of carbonyl (C=O) groups is 1. The Hall–Kier alpha value is -2.66. The van der Waals surface area contributed by atoms with Crippen LogP contribution in [0.3, 0.4) is 0 Å². The third kappa shape index (κ3) is 3.80. The van der Waals surface area contributed by atoms with E-state index in [0.717, 1.165) is 10.9 Å². The van der Waals surface area contributed by atoms with Crippen LogP contribution in [0.25, 0.3) is 21.8 Å². The molecule has 2 aromatic heterocycles. The molecule has 5 heteroatoms. The summed E-state index contributed by atoms with van der Waals surface area (Å²) in [6.07, 6.45) is 2.13. The highest BCUT2D eigenvalue weighted by molar-refractivity contribution is 9.10. The minimum Gasteiger partial charge on any atom is -0.443 e. The summed E-state index contributed by atoms with van der Waals surface area (Å²) in [7, 11) is 0. The van der Waals surface area contributed by atoms with Gasteiger partial charge in [-0.3, -0.25) is 0 Å². The van der Waals surface area contributed by atoms with Gasteiger partial charge in [-0.25, -0.2) is 14.3 Å². The number of hydrogen-bond donors (Lipinski definition) is 0. The van der Waals surface area contributed by atoms with E-state index >= 15 is 0 Å². The highest BCUT2D eigenvalue weighted by atomic mass is 79.9. The average molecular weight is 437 g/mol. The summed E-state index contributed by atoms with van der Waals surface area (Å²) in [6.45, 7) is 5.57. The number of nitrogens with zero attached hydrogens (tertiary/aromatic N) is 2. The first-order valence-electron chi connectivity index (χ1n) is 9.18. The summed E-state index contributed by atoms with van der Waals surface area (Å²) in [6, 6.07) is 18.6. The second-order valence-corrected chi connectivity index (χ2v) is 8.68. The largest absolute Gasteiger partial charge is 0.443 e. The second-order valence-electron chi connectivity index (χ2n) is 7.87. The van der Waals surface area contributed by atoms with Crippen molar-refractivity contribution in [1.29, 1.82) is 0 Å². The van der Waals surface area contributed by atoms with E-state index in [0.29, 0.717) is 16.7 Å². The van der Waals surface area contributed by atoms with Gasteiger partial charge in [-0.2, -0.15) is 0 Å². The Balaban J connectivity index is 1.77. The van der Waals surface area contributed by atoms with Gasteiger partial charge < -0.3 is 4.74 Å². The molecular formula is C23H21BrN2O2. The first kappa shape index (κ1) is 18.7. The number of carbonyl (C=O) groups excluding carboxylic acids is 1. The molecule has 0 aliphatic rings. The molecule has 0 saturated heterocycles. The first-order chi connectivity index (χ1) is 13.3. The van der Waals surface area contributed by atoms with Crippen molar-refractivity contribution in [3.05, 3.63) is 76.5 Å². The molecule has 2 aromatic carbocycles. The molecule has 2 heterocycles. The fraction of sp³-hybridized carbons (Fsp3) is 0.217. The average Bonchev–Trinajstić information content (AvgIpc) is 2.98. The van der Waals surface area contributed by atoms with Crippen LogP contribution in [-0.4, -0.2) is 21.2 Å². The minimum absolute atomic E-state index is 0.423. The van der Waals surface area contributed by atoms with Crippen molar-refractivity contribution in [2.24, 2.45) is 0 Å². The molecule has 0 fully saturated rings. The molecule has 4 nitrogen and oxygen atoms in total. The zero-order valence-electron chi connectivity index (χ0n) is 16.1. The van der Waals surface area contributed by atoms with Gasteiger partial charge in [-0.1, -0.05) is 42.5 Å². The maximum absolute atomic E-state index is 12.7. The number of hydrogen-bond acceptors (Lipinski definition) is 3. The molecule has 0 N–H and O–H groups in total. The number of halogens is 1. The molecule has 4 aromatic rings. The number of benzene rings is 2. The standard InChI is InChI=1S/C23H21BrN2O2/c1-23(2,3)28-22(27)26-14-18(19-10-11-20(24)25-21(19)26)13-15-8-9-16-6-4-5-7-17(16)12-15/h4-12,14H,13H2,1-3H3. The summed E-state index contributed by atoms with van der Waals surface area (Å²) < 4.78 is 7.74. The Bertz CT molecular complexity index is 1190. The van der Waals surface area contributed by atoms with Crippen molar-refractivity contribution in [3.8, 4) is 0 Å². The van der Waals surface area contributed by atoms with Gasteiger partial charge in [0.25, 0.3) is 0 Å². The number of pyridine rings is 1. The second kappa shape index (κ2) is 7.06. The molecule has 4 rings (SSSR count). The van der Waals surface area contributed by atoms with Gasteiger partial charge >= 0.3 is 6.09 Å². The molecule has 0 saturated carbocycles. The van der Waals surface area contributed by atoms with Crippen molar-refractivity contribution in [2.45, 2.75) is 32.8 Å². The van der Waals surface area contributed by atoms with E-state index in [-0.39, 0.29) is 0 Å². The molecule has 0 amide bonds. The maximum Gasteiger partial charge on any atom is 0.420 e. The van der Waals surface area contributed by atoms with Gasteiger partial charge in [-0.15, -0.1) is 0 Å². The van der Waals surface area contributed by atoms with E-state index in [1.807, 2.05) is 51.2 Å². The van der Waals surface area contributed by atoms with E-state index in [1.54, 1.807) is 0 Å². The molecular weight excluding hydrogens is 416 g/mol. The predicted octanol–water partition coefficient (Wildman–Crippen LogP) is 6.33. The highest BCUT2D eigenvalue weighted by Crippen LogP contribution is 2.26. The van der Waals surface area contributed by atoms with Crippen molar-refractivity contribution in [3.63, 3.8) is 0 Å². The van der Waals surface area contributed by atoms with Crippen LogP contribution in [0.15, 0.2) is 65.4 Å². The number of rotatable bonds is 2. The van der Waals surface area contributed by atoms with Crippen molar-refractivity contribution < 1.29 is 9.53 Å². The lowest BCUT2D eigenvalue weighted by atomic mass is 10.0. The topological polar surface area (TPSA) is 44.1 Å². The summed E-state index contributed by atoms with van der Waals surface area (Å²) in [5.41, 5.74) is 2.25. The van der Waals surface area contributed by atoms with Crippen LogP contribution >= 0.6 is 15.9 Å². The van der Waals surface area contributed by atoms with Crippen LogP contribution in [0.1, 0.15) is 31.9 Å². The quantitative estimate of drug-likeness (QED) is 0.345. The van der Waals surface area contributed by atoms with Crippen molar-refractivity contribution >= 4 is 43.8 Å². The molecule has 0 aliphatic heterocycles. The Labute approximate surface area is 172 Å². The molecule has 0 bridgehead atoms. The van der Waals surface area contributed by atoms with E-state index in [1.165, 1.54) is 20.9 Å². The van der Waals surface area contributed by atoms with Gasteiger partial charge in [0, 0.05) is 11.6 Å². The molecule has 28 heavy (non-hydrogen) atoms. The summed E-state index contributed by atoms with van der Waals surface area (Å²) >= 11 is 3.40. The van der Waals surface area contributed by atoms with Crippen molar-refractivity contribution in [2.75, 3.05) is 0 Å². The summed E-state index contributed by atoms with van der Waals surface area (Å²) in [4.78, 5) is 17.2. The Morgan fingerprint density at radius 2 is 1.82 bits per heavy atom. The highest BCUT2D eigenvalue weighted by Gasteiger charge is 2.21. The summed E-state index contributed by atoms with van der Waals surface area (Å²) in [5, 5.41) is 3.37. The zero-order chi connectivity index (χ0) is 19.9. The van der Waals surface area contributed by atoms with Crippen LogP contribution in [0.5, 0.6) is 0 Å². The number of aromatic nitrogens is 2. The van der Waals surface area contributed by atoms with Crippen molar-refractivity contribution in [1.82, 2.24) is 9.55 Å². The third-order valence-electron chi connectivity index (χ3n) is 4.50. The fourth-order valence-corrected chi connectivity index (χ4v) is 3.61. The van der Waals surface area contributed by atoms with Crippen LogP contribution in [-0.2, 0) is 11.2 Å². The monoisotopic (exact) mass is 436 g/mol. The van der Waals surface area contributed by atoms with Crippen LogP contribution in [0.2, 0.25) is 0 Å². The first-order valence-corrected chi connectivity index (χ1v) is 9.97. The maximum atomic E-state index is 12.7. The Kier molecular flexibility index (Phi) is 4.71. The lowest BCUT2D eigenvalue weighted by Crippen LogP contribution is -2.26. The van der Waals surface area contributed by atoms with E-state index in [4.69, 9.17) is 4.74 Å². The number of ether oxygens (including phenoxy) is 1. The Morgan fingerprint density at radius 1 is 1.07 bits per heavy atom. The molecule has 0 aliphatic carbocycles. The molecule has 0 unspecified atom stereocenters.